The fraction of sp³-hybridized carbons (Fsp3) is 0.254. The molecule has 0 aliphatic heterocycles. The van der Waals surface area contributed by atoms with Crippen molar-refractivity contribution in [2.24, 2.45) is 0 Å². The summed E-state index contributed by atoms with van der Waals surface area (Å²) < 4.78 is 4.81. The van der Waals surface area contributed by atoms with Gasteiger partial charge in [0.25, 0.3) is 0 Å². The molecule has 4 aromatic heterocycles. The second kappa shape index (κ2) is 17.2. The molecular formula is C67H66N6. The Hall–Kier alpha value is -7.70. The summed E-state index contributed by atoms with van der Waals surface area (Å²) in [6.07, 6.45) is 3.94. The Bertz CT molecular complexity index is 3760. The second-order valence-corrected chi connectivity index (χ2v) is 24.3. The number of nitrogens with zero attached hydrogens (tertiary/aromatic N) is 6. The van der Waals surface area contributed by atoms with Crippen LogP contribution in [0.1, 0.15) is 111 Å². The number of aromatic nitrogens is 6. The zero-order valence-electron chi connectivity index (χ0n) is 44.8. The summed E-state index contributed by atoms with van der Waals surface area (Å²) in [4.78, 5) is 21.4. The Morgan fingerprint density at radius 2 is 0.753 bits per heavy atom. The van der Waals surface area contributed by atoms with Gasteiger partial charge in [-0.1, -0.05) is 161 Å². The maximum Gasteiger partial charge on any atom is 0.164 e. The van der Waals surface area contributed by atoms with Crippen molar-refractivity contribution < 1.29 is 0 Å². The van der Waals surface area contributed by atoms with E-state index in [1.807, 2.05) is 12.4 Å². The molecule has 0 aliphatic carbocycles. The van der Waals surface area contributed by atoms with Crippen LogP contribution in [0.3, 0.4) is 0 Å². The summed E-state index contributed by atoms with van der Waals surface area (Å²) in [5.74, 6) is 1.90. The van der Waals surface area contributed by atoms with Gasteiger partial charge >= 0.3 is 0 Å². The third-order valence-electron chi connectivity index (χ3n) is 14.7. The van der Waals surface area contributed by atoms with Gasteiger partial charge in [-0.25, -0.2) is 15.0 Å². The molecule has 7 aromatic carbocycles. The lowest BCUT2D eigenvalue weighted by Gasteiger charge is -2.26. The van der Waals surface area contributed by atoms with Gasteiger partial charge in [0.1, 0.15) is 0 Å². The zero-order valence-corrected chi connectivity index (χ0v) is 44.8. The summed E-state index contributed by atoms with van der Waals surface area (Å²) in [5, 5.41) is 4.81. The highest BCUT2D eigenvalue weighted by Gasteiger charge is 2.27. The lowest BCUT2D eigenvalue weighted by molar-refractivity contribution is 0.568. The van der Waals surface area contributed by atoms with Crippen LogP contribution in [-0.2, 0) is 21.7 Å². The molecule has 0 unspecified atom stereocenters. The van der Waals surface area contributed by atoms with Crippen LogP contribution in [0.5, 0.6) is 0 Å². The lowest BCUT2D eigenvalue weighted by atomic mass is 9.79. The average Bonchev–Trinajstić information content (AvgIpc) is 3.87. The number of fused-ring (bicyclic) bond motifs is 6. The molecule has 4 heterocycles. The van der Waals surface area contributed by atoms with E-state index in [1.54, 1.807) is 0 Å². The average molecular weight is 955 g/mol. The first-order valence-electron chi connectivity index (χ1n) is 25.8. The molecular weight excluding hydrogens is 889 g/mol. The summed E-state index contributed by atoms with van der Waals surface area (Å²) in [5.41, 5.74) is 17.2. The van der Waals surface area contributed by atoms with Gasteiger partial charge in [-0.3, -0.25) is 4.98 Å². The van der Waals surface area contributed by atoms with Gasteiger partial charge in [-0.05, 0) is 130 Å². The number of hydrogen-bond donors (Lipinski definition) is 0. The molecule has 0 saturated heterocycles. The highest BCUT2D eigenvalue weighted by atomic mass is 15.0. The molecule has 0 aliphatic rings. The SMILES string of the molecule is Cc1ccc2c(c1)c1ccccc1n2-c1cnccc1-c1cc(-c2nc(-c3cc(C(C)(C)C)cc(C(C)(C)C)c3)nc(-c3cc(C(C)(C)C)cc(C(C)(C)C)c3)n2)ccc1-n1c2ccccc2c2ccccc21. The van der Waals surface area contributed by atoms with E-state index in [-0.39, 0.29) is 21.7 Å². The Morgan fingerprint density at radius 3 is 1.22 bits per heavy atom. The highest BCUT2D eigenvalue weighted by Crippen LogP contribution is 2.43. The van der Waals surface area contributed by atoms with Gasteiger partial charge in [-0.15, -0.1) is 0 Å². The largest absolute Gasteiger partial charge is 0.309 e. The molecule has 73 heavy (non-hydrogen) atoms. The van der Waals surface area contributed by atoms with Gasteiger partial charge < -0.3 is 9.13 Å². The summed E-state index contributed by atoms with van der Waals surface area (Å²) in [6.45, 7) is 29.5. The Labute approximate surface area is 430 Å². The summed E-state index contributed by atoms with van der Waals surface area (Å²) in [6, 6.07) is 55.7. The van der Waals surface area contributed by atoms with Crippen LogP contribution < -0.4 is 0 Å². The standard InChI is InChI=1S/C67H66N6/c1-41-26-28-58-53(32-41)51-22-16-19-25-57(51)73(58)60-40-68-31-30-52(60)54-37-42(27-29-59(54)72-55-23-17-14-20-49(55)50-21-15-18-24-56(50)72)61-69-62(43-33-45(64(2,3)4)38-46(34-43)65(5,6)7)71-63(70-61)44-35-47(66(8,9)10)39-48(36-44)67(11,12)13/h14-40H,1-13H3. The number of rotatable bonds is 6. The molecule has 6 nitrogen and oxygen atoms in total. The summed E-state index contributed by atoms with van der Waals surface area (Å²) in [7, 11) is 0. The maximum atomic E-state index is 5.53. The number of para-hydroxylation sites is 3. The van der Waals surface area contributed by atoms with E-state index in [1.165, 1.54) is 49.4 Å². The highest BCUT2D eigenvalue weighted by molar-refractivity contribution is 6.11. The van der Waals surface area contributed by atoms with Crippen molar-refractivity contribution in [1.29, 1.82) is 0 Å². The van der Waals surface area contributed by atoms with Crippen LogP contribution >= 0.6 is 0 Å². The molecule has 11 aromatic rings. The van der Waals surface area contributed by atoms with Gasteiger partial charge in [0.15, 0.2) is 17.5 Å². The van der Waals surface area contributed by atoms with E-state index in [9.17, 15) is 0 Å². The minimum atomic E-state index is -0.105. The first-order valence-corrected chi connectivity index (χ1v) is 25.8. The van der Waals surface area contributed by atoms with Crippen molar-refractivity contribution >= 4 is 43.6 Å². The van der Waals surface area contributed by atoms with E-state index < -0.39 is 0 Å². The Morgan fingerprint density at radius 1 is 0.342 bits per heavy atom. The van der Waals surface area contributed by atoms with E-state index >= 15 is 0 Å². The fourth-order valence-corrected chi connectivity index (χ4v) is 10.4. The van der Waals surface area contributed by atoms with Gasteiger partial charge in [-0.2, -0.15) is 0 Å². The first-order chi connectivity index (χ1) is 34.6. The van der Waals surface area contributed by atoms with Crippen LogP contribution in [0.15, 0.2) is 164 Å². The van der Waals surface area contributed by atoms with Crippen molar-refractivity contribution in [3.8, 4) is 56.7 Å². The maximum absolute atomic E-state index is 5.53. The van der Waals surface area contributed by atoms with Crippen molar-refractivity contribution in [3.63, 3.8) is 0 Å². The molecule has 364 valence electrons. The Balaban J connectivity index is 1.24. The minimum absolute atomic E-state index is 0.105. The number of aryl methyl sites for hydroxylation is 1. The van der Waals surface area contributed by atoms with Gasteiger partial charge in [0.05, 0.1) is 39.6 Å². The predicted octanol–water partition coefficient (Wildman–Crippen LogP) is 17.6. The molecule has 0 spiro atoms. The third-order valence-corrected chi connectivity index (χ3v) is 14.7. The molecule has 0 amide bonds. The normalized spacial score (nSPS) is 12.7. The molecule has 0 bridgehead atoms. The topological polar surface area (TPSA) is 61.4 Å². The van der Waals surface area contributed by atoms with Crippen molar-refractivity contribution in [1.82, 2.24) is 29.1 Å². The zero-order chi connectivity index (χ0) is 51.4. The first kappa shape index (κ1) is 47.6. The van der Waals surface area contributed by atoms with Crippen molar-refractivity contribution in [2.75, 3.05) is 0 Å². The van der Waals surface area contributed by atoms with E-state index in [0.717, 1.165) is 61.3 Å². The molecule has 0 N–H and O–H groups in total. The van der Waals surface area contributed by atoms with Crippen LogP contribution in [0, 0.1) is 6.92 Å². The molecule has 11 rings (SSSR count). The van der Waals surface area contributed by atoms with Gasteiger partial charge in [0.2, 0.25) is 0 Å². The fourth-order valence-electron chi connectivity index (χ4n) is 10.4. The molecule has 0 saturated carbocycles. The van der Waals surface area contributed by atoms with Crippen LogP contribution in [0.25, 0.3) is 100 Å². The van der Waals surface area contributed by atoms with Crippen molar-refractivity contribution in [2.45, 2.75) is 112 Å². The smallest absolute Gasteiger partial charge is 0.164 e. The summed E-state index contributed by atoms with van der Waals surface area (Å²) >= 11 is 0. The minimum Gasteiger partial charge on any atom is -0.309 e. The number of hydrogen-bond acceptors (Lipinski definition) is 4. The van der Waals surface area contributed by atoms with Crippen LogP contribution in [0.2, 0.25) is 0 Å². The molecule has 6 heteroatoms. The van der Waals surface area contributed by atoms with E-state index in [2.05, 4.69) is 251 Å². The number of pyridine rings is 1. The van der Waals surface area contributed by atoms with Crippen molar-refractivity contribution in [3.05, 3.63) is 192 Å². The molecule has 0 atom stereocenters. The van der Waals surface area contributed by atoms with Crippen LogP contribution in [-0.4, -0.2) is 29.1 Å². The molecule has 0 radical (unpaired) electrons. The monoisotopic (exact) mass is 955 g/mol. The lowest BCUT2D eigenvalue weighted by Crippen LogP contribution is -2.17. The van der Waals surface area contributed by atoms with Crippen LogP contribution in [0.4, 0.5) is 0 Å². The molecule has 0 fully saturated rings. The Kier molecular flexibility index (Phi) is 11.2. The predicted molar refractivity (Wildman–Crippen MR) is 308 cm³/mol. The van der Waals surface area contributed by atoms with E-state index in [0.29, 0.717) is 17.5 Å². The van der Waals surface area contributed by atoms with Gasteiger partial charge in [0, 0.05) is 55.6 Å². The quantitative estimate of drug-likeness (QED) is 0.167. The number of benzene rings is 7. The van der Waals surface area contributed by atoms with E-state index in [4.69, 9.17) is 19.9 Å². The second-order valence-electron chi connectivity index (χ2n) is 24.3. The third kappa shape index (κ3) is 8.61.